The van der Waals surface area contributed by atoms with Crippen molar-refractivity contribution >= 4 is 48.8 Å². The van der Waals surface area contributed by atoms with Gasteiger partial charge in [-0.1, -0.05) is 82.7 Å². The summed E-state index contributed by atoms with van der Waals surface area (Å²) in [5.74, 6) is 0.702. The Kier molecular flexibility index (Phi) is 3.93. The third-order valence-corrected chi connectivity index (χ3v) is 5.79. The average molecular weight is 451 g/mol. The number of nitrogens with zero attached hydrogens (tertiary/aromatic N) is 2. The van der Waals surface area contributed by atoms with Gasteiger partial charge in [-0.25, -0.2) is 9.97 Å². The van der Waals surface area contributed by atoms with Gasteiger partial charge in [0, 0.05) is 31.8 Å². The Morgan fingerprint density at radius 3 is 2.27 bits per heavy atom. The van der Waals surface area contributed by atoms with Crippen molar-refractivity contribution in [3.63, 3.8) is 0 Å². The first-order valence-corrected chi connectivity index (χ1v) is 10.5. The highest BCUT2D eigenvalue weighted by Crippen LogP contribution is 2.40. The van der Waals surface area contributed by atoms with Crippen LogP contribution >= 0.6 is 15.9 Å². The molecule has 0 bridgehead atoms. The number of halogens is 1. The van der Waals surface area contributed by atoms with Crippen LogP contribution in [0.4, 0.5) is 0 Å². The molecule has 0 aliphatic carbocycles. The molecule has 0 aliphatic heterocycles. The molecule has 0 unspecified atom stereocenters. The van der Waals surface area contributed by atoms with Crippen molar-refractivity contribution in [2.45, 2.75) is 0 Å². The minimum atomic E-state index is 0.702. The van der Waals surface area contributed by atoms with Crippen LogP contribution in [0.5, 0.6) is 0 Å². The maximum absolute atomic E-state index is 6.31. The average Bonchev–Trinajstić information content (AvgIpc) is 3.17. The van der Waals surface area contributed by atoms with E-state index in [0.717, 1.165) is 54.1 Å². The van der Waals surface area contributed by atoms with Crippen molar-refractivity contribution in [2.24, 2.45) is 0 Å². The Morgan fingerprint density at radius 1 is 0.667 bits per heavy atom. The second-order valence-corrected chi connectivity index (χ2v) is 8.12. The molecule has 0 saturated heterocycles. The number of benzene rings is 4. The van der Waals surface area contributed by atoms with Gasteiger partial charge < -0.3 is 4.42 Å². The normalized spacial score (nSPS) is 11.5. The number of furan rings is 1. The zero-order chi connectivity index (χ0) is 20.1. The second kappa shape index (κ2) is 6.78. The lowest BCUT2D eigenvalue weighted by atomic mass is 10.0. The third-order valence-electron chi connectivity index (χ3n) is 5.33. The summed E-state index contributed by atoms with van der Waals surface area (Å²) in [7, 11) is 0. The van der Waals surface area contributed by atoms with Gasteiger partial charge in [0.25, 0.3) is 0 Å². The Hall–Kier alpha value is -3.50. The smallest absolute Gasteiger partial charge is 0.160 e. The molecule has 30 heavy (non-hydrogen) atoms. The number of hydrogen-bond acceptors (Lipinski definition) is 3. The quantitative estimate of drug-likeness (QED) is 0.272. The van der Waals surface area contributed by atoms with Crippen molar-refractivity contribution in [3.8, 4) is 22.6 Å². The molecule has 0 radical (unpaired) electrons. The Balaban J connectivity index is 1.74. The van der Waals surface area contributed by atoms with E-state index < -0.39 is 0 Å². The molecular formula is C26H15BrN2O. The predicted molar refractivity (Wildman–Crippen MR) is 125 cm³/mol. The molecule has 142 valence electrons. The lowest BCUT2D eigenvalue weighted by Crippen LogP contribution is -1.95. The van der Waals surface area contributed by atoms with E-state index in [1.807, 2.05) is 66.7 Å². The highest BCUT2D eigenvalue weighted by Gasteiger charge is 2.18. The van der Waals surface area contributed by atoms with Crippen LogP contribution in [0.2, 0.25) is 0 Å². The summed E-state index contributed by atoms with van der Waals surface area (Å²) >= 11 is 3.69. The highest BCUT2D eigenvalue weighted by atomic mass is 79.9. The van der Waals surface area contributed by atoms with Crippen molar-refractivity contribution in [1.29, 1.82) is 0 Å². The maximum Gasteiger partial charge on any atom is 0.160 e. The fraction of sp³-hybridized carbons (Fsp3) is 0. The summed E-state index contributed by atoms with van der Waals surface area (Å²) in [6.07, 6.45) is 0. The summed E-state index contributed by atoms with van der Waals surface area (Å²) in [6.45, 7) is 0. The summed E-state index contributed by atoms with van der Waals surface area (Å²) < 4.78 is 7.29. The Labute approximate surface area is 181 Å². The molecule has 6 rings (SSSR count). The molecule has 6 aromatic rings. The van der Waals surface area contributed by atoms with Crippen molar-refractivity contribution in [3.05, 3.63) is 95.5 Å². The first kappa shape index (κ1) is 17.4. The van der Waals surface area contributed by atoms with E-state index in [-0.39, 0.29) is 0 Å². The summed E-state index contributed by atoms with van der Waals surface area (Å²) in [5, 5.41) is 3.16. The predicted octanol–water partition coefficient (Wildman–Crippen LogP) is 7.63. The number of para-hydroxylation sites is 2. The van der Waals surface area contributed by atoms with Gasteiger partial charge in [0.2, 0.25) is 0 Å². The van der Waals surface area contributed by atoms with Gasteiger partial charge in [-0.3, -0.25) is 0 Å². The molecule has 2 aromatic heterocycles. The largest absolute Gasteiger partial charge is 0.455 e. The van der Waals surface area contributed by atoms with Crippen LogP contribution in [-0.2, 0) is 0 Å². The van der Waals surface area contributed by atoms with Crippen LogP contribution in [0.25, 0.3) is 55.5 Å². The zero-order valence-corrected chi connectivity index (χ0v) is 17.4. The van der Waals surface area contributed by atoms with Gasteiger partial charge in [0.1, 0.15) is 11.2 Å². The molecule has 0 N–H and O–H groups in total. The molecule has 0 amide bonds. The molecule has 4 aromatic carbocycles. The van der Waals surface area contributed by atoms with E-state index in [2.05, 4.69) is 40.2 Å². The van der Waals surface area contributed by atoms with Crippen molar-refractivity contribution in [2.75, 3.05) is 0 Å². The van der Waals surface area contributed by atoms with Gasteiger partial charge in [-0.2, -0.15) is 0 Å². The van der Waals surface area contributed by atoms with Gasteiger partial charge in [0.15, 0.2) is 5.82 Å². The van der Waals surface area contributed by atoms with E-state index in [9.17, 15) is 0 Å². The SMILES string of the molecule is Brc1cc(-c2nc(-c3ccccc3)nc3ccccc23)c2oc3ccccc3c2c1. The molecule has 0 saturated carbocycles. The van der Waals surface area contributed by atoms with Gasteiger partial charge in [-0.05, 0) is 24.3 Å². The van der Waals surface area contributed by atoms with Crippen LogP contribution in [0, 0.1) is 0 Å². The molecule has 2 heterocycles. The number of aromatic nitrogens is 2. The fourth-order valence-electron chi connectivity index (χ4n) is 3.97. The van der Waals surface area contributed by atoms with Gasteiger partial charge in [-0.15, -0.1) is 0 Å². The van der Waals surface area contributed by atoms with E-state index in [1.54, 1.807) is 0 Å². The molecule has 0 fully saturated rings. The number of rotatable bonds is 2. The molecule has 0 aliphatic rings. The topological polar surface area (TPSA) is 38.9 Å². The lowest BCUT2D eigenvalue weighted by Gasteiger charge is -2.10. The highest BCUT2D eigenvalue weighted by molar-refractivity contribution is 9.10. The van der Waals surface area contributed by atoms with Crippen LogP contribution < -0.4 is 0 Å². The minimum absolute atomic E-state index is 0.702. The first-order valence-electron chi connectivity index (χ1n) is 9.71. The van der Waals surface area contributed by atoms with Crippen LogP contribution in [0.1, 0.15) is 0 Å². The fourth-order valence-corrected chi connectivity index (χ4v) is 4.42. The summed E-state index contributed by atoms with van der Waals surface area (Å²) in [5.41, 5.74) is 5.41. The molecule has 0 atom stereocenters. The van der Waals surface area contributed by atoms with Crippen LogP contribution in [0.15, 0.2) is 99.9 Å². The number of fused-ring (bicyclic) bond motifs is 4. The monoisotopic (exact) mass is 450 g/mol. The molecule has 4 heteroatoms. The van der Waals surface area contributed by atoms with Crippen molar-refractivity contribution < 1.29 is 4.42 Å². The molecule has 0 spiro atoms. The minimum Gasteiger partial charge on any atom is -0.455 e. The molecule has 3 nitrogen and oxygen atoms in total. The van der Waals surface area contributed by atoms with Gasteiger partial charge in [0.05, 0.1) is 11.2 Å². The summed E-state index contributed by atoms with van der Waals surface area (Å²) in [4.78, 5) is 9.83. The van der Waals surface area contributed by atoms with E-state index in [4.69, 9.17) is 14.4 Å². The number of hydrogen-bond donors (Lipinski definition) is 0. The third kappa shape index (κ3) is 2.72. The first-order chi connectivity index (χ1) is 14.8. The Bertz CT molecular complexity index is 1550. The lowest BCUT2D eigenvalue weighted by molar-refractivity contribution is 0.670. The van der Waals surface area contributed by atoms with Gasteiger partial charge >= 0.3 is 0 Å². The van der Waals surface area contributed by atoms with E-state index >= 15 is 0 Å². The van der Waals surface area contributed by atoms with Crippen LogP contribution in [-0.4, -0.2) is 9.97 Å². The van der Waals surface area contributed by atoms with Crippen molar-refractivity contribution in [1.82, 2.24) is 9.97 Å². The summed E-state index contributed by atoms with van der Waals surface area (Å²) in [6, 6.07) is 30.5. The zero-order valence-electron chi connectivity index (χ0n) is 15.8. The van der Waals surface area contributed by atoms with E-state index in [1.165, 1.54) is 0 Å². The standard InChI is InChI=1S/C26H15BrN2O/c27-17-14-20-18-10-5-7-13-23(18)30-25(20)21(15-17)24-19-11-4-6-12-22(19)28-26(29-24)16-8-2-1-3-9-16/h1-15H. The van der Waals surface area contributed by atoms with E-state index in [0.29, 0.717) is 5.82 Å². The Morgan fingerprint density at radius 2 is 1.40 bits per heavy atom. The van der Waals surface area contributed by atoms with Crippen LogP contribution in [0.3, 0.4) is 0 Å². The maximum atomic E-state index is 6.31. The second-order valence-electron chi connectivity index (χ2n) is 7.21. The molecular weight excluding hydrogens is 436 g/mol.